The van der Waals surface area contributed by atoms with E-state index in [0.29, 0.717) is 40.0 Å². The van der Waals surface area contributed by atoms with Crippen LogP contribution in [0.1, 0.15) is 33.0 Å². The highest BCUT2D eigenvalue weighted by Crippen LogP contribution is 2.43. The summed E-state index contributed by atoms with van der Waals surface area (Å²) in [4.78, 5) is 13.9. The number of nitrogens with two attached hydrogens (primary N) is 1. The second-order valence-corrected chi connectivity index (χ2v) is 10.0. The maximum atomic E-state index is 12.8. The van der Waals surface area contributed by atoms with Gasteiger partial charge in [-0.1, -0.05) is 41.9 Å². The molecule has 6 nitrogen and oxygen atoms in total. The molecule has 2 N–H and O–H groups in total. The zero-order chi connectivity index (χ0) is 27.4. The van der Waals surface area contributed by atoms with Gasteiger partial charge in [0.05, 0.1) is 11.5 Å². The number of carbonyl (C=O) groups is 1. The first-order valence-electron chi connectivity index (χ1n) is 12.0. The molecule has 0 fully saturated rings. The van der Waals surface area contributed by atoms with Crippen LogP contribution in [-0.2, 0) is 6.61 Å². The molecule has 0 spiro atoms. The lowest BCUT2D eigenvalue weighted by Gasteiger charge is -2.26. The van der Waals surface area contributed by atoms with Gasteiger partial charge >= 0.3 is 5.97 Å². The van der Waals surface area contributed by atoms with Crippen molar-refractivity contribution in [3.8, 4) is 23.3 Å². The van der Waals surface area contributed by atoms with Crippen LogP contribution in [0, 0.1) is 11.3 Å². The second kappa shape index (κ2) is 11.6. The van der Waals surface area contributed by atoms with Crippen molar-refractivity contribution in [1.82, 2.24) is 0 Å². The van der Waals surface area contributed by atoms with E-state index in [1.165, 1.54) is 0 Å². The maximum absolute atomic E-state index is 12.8. The summed E-state index contributed by atoms with van der Waals surface area (Å²) in [6.07, 6.45) is 2.01. The molecule has 0 amide bonds. The fraction of sp³-hybridized carbons (Fsp3) is 0.0968. The Morgan fingerprint density at radius 2 is 1.69 bits per heavy atom. The molecule has 0 aliphatic carbocycles. The number of thioether (sulfide) groups is 1. The number of allylic oxidation sites excluding steroid dienone is 1. The van der Waals surface area contributed by atoms with E-state index in [1.807, 2.05) is 42.7 Å². The molecule has 39 heavy (non-hydrogen) atoms. The summed E-state index contributed by atoms with van der Waals surface area (Å²) in [5.74, 6) is 0.464. The summed E-state index contributed by atoms with van der Waals surface area (Å²) < 4.78 is 17.2. The summed E-state index contributed by atoms with van der Waals surface area (Å²) in [6, 6.07) is 29.4. The third kappa shape index (κ3) is 5.88. The summed E-state index contributed by atoms with van der Waals surface area (Å²) in [7, 11) is 0. The SMILES string of the molecule is CSc1ccc(C2C(C#N)=C(N)Oc3cc(OC(=O)c4ccc(OCc5ccc(Cl)cc5)cc4)ccc32)cc1. The van der Waals surface area contributed by atoms with Crippen LogP contribution in [0.4, 0.5) is 0 Å². The van der Waals surface area contributed by atoms with E-state index in [1.54, 1.807) is 66.4 Å². The number of esters is 1. The van der Waals surface area contributed by atoms with Crippen LogP contribution >= 0.6 is 23.4 Å². The third-order valence-corrected chi connectivity index (χ3v) is 7.25. The molecule has 4 aromatic carbocycles. The van der Waals surface area contributed by atoms with Crippen LogP contribution in [0.5, 0.6) is 17.2 Å². The van der Waals surface area contributed by atoms with Crippen LogP contribution in [-0.4, -0.2) is 12.2 Å². The van der Waals surface area contributed by atoms with Crippen molar-refractivity contribution in [2.75, 3.05) is 6.26 Å². The van der Waals surface area contributed by atoms with E-state index in [-0.39, 0.29) is 11.8 Å². The third-order valence-electron chi connectivity index (χ3n) is 6.26. The standard InChI is InChI=1S/C31H23ClN2O4S/c1-39-25-13-6-20(7-14-25)29-26-15-12-24(16-28(26)38-30(34)27(29)17-33)37-31(35)21-4-10-23(11-5-21)36-18-19-2-8-22(32)9-3-19/h2-16,29H,18,34H2,1H3. The van der Waals surface area contributed by atoms with Gasteiger partial charge < -0.3 is 19.9 Å². The van der Waals surface area contributed by atoms with Crippen molar-refractivity contribution in [3.63, 3.8) is 0 Å². The largest absolute Gasteiger partial charge is 0.489 e. The van der Waals surface area contributed by atoms with Crippen LogP contribution in [0.15, 0.2) is 107 Å². The number of fused-ring (bicyclic) bond motifs is 1. The minimum atomic E-state index is -0.527. The Labute approximate surface area is 235 Å². The highest BCUT2D eigenvalue weighted by Gasteiger charge is 2.31. The molecule has 8 heteroatoms. The lowest BCUT2D eigenvalue weighted by atomic mass is 9.83. The lowest BCUT2D eigenvalue weighted by Crippen LogP contribution is -2.21. The quantitative estimate of drug-likeness (QED) is 0.148. The normalized spacial score (nSPS) is 14.1. The molecule has 1 heterocycles. The van der Waals surface area contributed by atoms with Crippen molar-refractivity contribution in [1.29, 1.82) is 5.26 Å². The maximum Gasteiger partial charge on any atom is 0.343 e. The molecule has 1 aliphatic rings. The van der Waals surface area contributed by atoms with Crippen molar-refractivity contribution in [2.24, 2.45) is 5.73 Å². The Balaban J connectivity index is 1.30. The van der Waals surface area contributed by atoms with Gasteiger partial charge in [-0.3, -0.25) is 0 Å². The Morgan fingerprint density at radius 1 is 1.00 bits per heavy atom. The average molecular weight is 555 g/mol. The van der Waals surface area contributed by atoms with Gasteiger partial charge in [-0.2, -0.15) is 5.26 Å². The number of nitriles is 1. The van der Waals surface area contributed by atoms with Gasteiger partial charge in [0.25, 0.3) is 0 Å². The number of nitrogens with zero attached hydrogens (tertiary/aromatic N) is 1. The first-order valence-corrected chi connectivity index (χ1v) is 13.6. The number of ether oxygens (including phenoxy) is 3. The first kappa shape index (κ1) is 26.2. The molecule has 5 rings (SSSR count). The number of hydrogen-bond donors (Lipinski definition) is 1. The van der Waals surface area contributed by atoms with E-state index >= 15 is 0 Å². The van der Waals surface area contributed by atoms with E-state index in [4.69, 9.17) is 31.5 Å². The fourth-order valence-corrected chi connectivity index (χ4v) is 4.77. The number of hydrogen-bond acceptors (Lipinski definition) is 7. The van der Waals surface area contributed by atoms with Crippen LogP contribution in [0.3, 0.4) is 0 Å². The number of halogens is 1. The number of rotatable bonds is 7. The van der Waals surface area contributed by atoms with Gasteiger partial charge in [0, 0.05) is 21.5 Å². The molecule has 0 saturated carbocycles. The fourth-order valence-electron chi connectivity index (χ4n) is 4.24. The first-order chi connectivity index (χ1) is 18.9. The molecule has 0 aromatic heterocycles. The zero-order valence-electron chi connectivity index (χ0n) is 20.9. The van der Waals surface area contributed by atoms with E-state index in [9.17, 15) is 10.1 Å². The number of benzene rings is 4. The molecular weight excluding hydrogens is 532 g/mol. The Hall–Kier alpha value is -4.38. The summed E-state index contributed by atoms with van der Waals surface area (Å²) >= 11 is 7.56. The molecule has 0 bridgehead atoms. The second-order valence-electron chi connectivity index (χ2n) is 8.73. The number of carbonyl (C=O) groups excluding carboxylic acids is 1. The van der Waals surface area contributed by atoms with Crippen molar-refractivity contribution in [3.05, 3.63) is 130 Å². The van der Waals surface area contributed by atoms with Crippen molar-refractivity contribution >= 4 is 29.3 Å². The summed E-state index contributed by atoms with van der Waals surface area (Å²) in [5, 5.41) is 10.5. The van der Waals surface area contributed by atoms with Gasteiger partial charge in [-0.05, 0) is 72.0 Å². The Morgan fingerprint density at radius 3 is 2.36 bits per heavy atom. The molecule has 1 aliphatic heterocycles. The molecular formula is C31H23ClN2O4S. The van der Waals surface area contributed by atoms with Crippen LogP contribution < -0.4 is 19.9 Å². The topological polar surface area (TPSA) is 94.6 Å². The zero-order valence-corrected chi connectivity index (χ0v) is 22.5. The van der Waals surface area contributed by atoms with Gasteiger partial charge in [-0.25, -0.2) is 4.79 Å². The molecule has 1 atom stereocenters. The van der Waals surface area contributed by atoms with E-state index in [0.717, 1.165) is 21.6 Å². The van der Waals surface area contributed by atoms with E-state index < -0.39 is 5.97 Å². The van der Waals surface area contributed by atoms with Crippen molar-refractivity contribution < 1.29 is 19.0 Å². The predicted octanol–water partition coefficient (Wildman–Crippen LogP) is 7.08. The molecule has 194 valence electrons. The Kier molecular flexibility index (Phi) is 7.78. The van der Waals surface area contributed by atoms with Crippen molar-refractivity contribution in [2.45, 2.75) is 17.4 Å². The van der Waals surface area contributed by atoms with Gasteiger partial charge in [0.15, 0.2) is 0 Å². The van der Waals surface area contributed by atoms with Crippen LogP contribution in [0.2, 0.25) is 5.02 Å². The van der Waals surface area contributed by atoms with Crippen LogP contribution in [0.25, 0.3) is 0 Å². The lowest BCUT2D eigenvalue weighted by molar-refractivity contribution is 0.0734. The summed E-state index contributed by atoms with van der Waals surface area (Å²) in [5.41, 5.74) is 9.48. The molecule has 0 saturated heterocycles. The van der Waals surface area contributed by atoms with E-state index in [2.05, 4.69) is 6.07 Å². The van der Waals surface area contributed by atoms with Gasteiger partial charge in [0.1, 0.15) is 35.5 Å². The minimum Gasteiger partial charge on any atom is -0.489 e. The predicted molar refractivity (Wildman–Crippen MR) is 151 cm³/mol. The minimum absolute atomic E-state index is 0.0293. The Bertz CT molecular complexity index is 1580. The monoisotopic (exact) mass is 554 g/mol. The highest BCUT2D eigenvalue weighted by atomic mass is 35.5. The molecule has 0 radical (unpaired) electrons. The summed E-state index contributed by atoms with van der Waals surface area (Å²) in [6.45, 7) is 0.379. The average Bonchev–Trinajstić information content (AvgIpc) is 2.96. The van der Waals surface area contributed by atoms with Gasteiger partial charge in [0.2, 0.25) is 5.88 Å². The molecule has 4 aromatic rings. The smallest absolute Gasteiger partial charge is 0.343 e. The molecule has 1 unspecified atom stereocenters. The highest BCUT2D eigenvalue weighted by molar-refractivity contribution is 7.98. The van der Waals surface area contributed by atoms with Gasteiger partial charge in [-0.15, -0.1) is 11.8 Å².